The number of likely N-dealkylation sites (tertiary alicyclic amines) is 1. The number of nitrogen functional groups attached to an aromatic ring is 1. The lowest BCUT2D eigenvalue weighted by molar-refractivity contribution is -0.0579. The third kappa shape index (κ3) is 1.61. The molecule has 1 unspecified atom stereocenters. The lowest BCUT2D eigenvalue weighted by atomic mass is 10.2. The summed E-state index contributed by atoms with van der Waals surface area (Å²) in [6.45, 7) is 4.02. The Balaban J connectivity index is 1.65. The Hall–Kier alpha value is -1.07. The second-order valence-electron chi connectivity index (χ2n) is 4.38. The Bertz CT molecular complexity index is 347. The summed E-state index contributed by atoms with van der Waals surface area (Å²) in [7, 11) is 0. The molecule has 0 aromatic carbocycles. The zero-order valence-electron chi connectivity index (χ0n) is 8.67. The highest BCUT2D eigenvalue weighted by atomic mass is 16.5. The molecule has 0 radical (unpaired) electrons. The van der Waals surface area contributed by atoms with Crippen LogP contribution in [-0.2, 0) is 4.74 Å². The van der Waals surface area contributed by atoms with Crippen molar-refractivity contribution in [1.29, 1.82) is 0 Å². The molecule has 3 rings (SSSR count). The summed E-state index contributed by atoms with van der Waals surface area (Å²) >= 11 is 0. The van der Waals surface area contributed by atoms with E-state index in [1.165, 1.54) is 0 Å². The molecule has 2 aliphatic rings. The van der Waals surface area contributed by atoms with Crippen molar-refractivity contribution < 1.29 is 4.74 Å². The van der Waals surface area contributed by atoms with Crippen molar-refractivity contribution in [2.24, 2.45) is 0 Å². The van der Waals surface area contributed by atoms with Crippen molar-refractivity contribution in [1.82, 2.24) is 14.7 Å². The normalized spacial score (nSPS) is 28.1. The van der Waals surface area contributed by atoms with Crippen molar-refractivity contribution in [3.05, 3.63) is 12.4 Å². The Morgan fingerprint density at radius 2 is 2.27 bits per heavy atom. The van der Waals surface area contributed by atoms with Gasteiger partial charge >= 0.3 is 0 Å². The van der Waals surface area contributed by atoms with Crippen LogP contribution in [-0.4, -0.2) is 47.0 Å². The first-order valence-corrected chi connectivity index (χ1v) is 5.44. The number of ether oxygens (including phenoxy) is 1. The quantitative estimate of drug-likeness (QED) is 0.749. The highest BCUT2D eigenvalue weighted by Gasteiger charge is 2.33. The van der Waals surface area contributed by atoms with E-state index in [2.05, 4.69) is 10.00 Å². The van der Waals surface area contributed by atoms with Gasteiger partial charge < -0.3 is 10.5 Å². The number of nitrogens with two attached hydrogens (primary N) is 1. The Kier molecular flexibility index (Phi) is 2.14. The standard InChI is InChI=1S/C10H16N4O/c11-8-3-12-14(4-8)9-1-2-13(5-9)10-6-15-7-10/h3-4,9-10H,1-2,5-7,11H2. The van der Waals surface area contributed by atoms with Crippen molar-refractivity contribution in [2.75, 3.05) is 32.0 Å². The van der Waals surface area contributed by atoms with Crippen molar-refractivity contribution in [3.8, 4) is 0 Å². The molecule has 1 aromatic heterocycles. The van der Waals surface area contributed by atoms with E-state index in [4.69, 9.17) is 10.5 Å². The Morgan fingerprint density at radius 3 is 2.87 bits per heavy atom. The maximum Gasteiger partial charge on any atom is 0.0719 e. The van der Waals surface area contributed by atoms with Crippen LogP contribution in [0.15, 0.2) is 12.4 Å². The van der Waals surface area contributed by atoms with Gasteiger partial charge in [-0.25, -0.2) is 0 Å². The monoisotopic (exact) mass is 208 g/mol. The first-order valence-electron chi connectivity index (χ1n) is 5.44. The van der Waals surface area contributed by atoms with Gasteiger partial charge in [0.05, 0.1) is 37.2 Å². The summed E-state index contributed by atoms with van der Waals surface area (Å²) in [4.78, 5) is 2.49. The van der Waals surface area contributed by atoms with Crippen LogP contribution in [0.2, 0.25) is 0 Å². The summed E-state index contributed by atoms with van der Waals surface area (Å²) in [5.41, 5.74) is 6.41. The molecule has 5 heteroatoms. The number of anilines is 1. The number of aromatic nitrogens is 2. The Labute approximate surface area is 88.8 Å². The van der Waals surface area contributed by atoms with Crippen molar-refractivity contribution in [2.45, 2.75) is 18.5 Å². The highest BCUT2D eigenvalue weighted by molar-refractivity contribution is 5.30. The van der Waals surface area contributed by atoms with Gasteiger partial charge in [0.15, 0.2) is 0 Å². The molecule has 2 aliphatic heterocycles. The van der Waals surface area contributed by atoms with E-state index < -0.39 is 0 Å². The first-order chi connectivity index (χ1) is 7.33. The van der Waals surface area contributed by atoms with Crippen molar-refractivity contribution in [3.63, 3.8) is 0 Å². The summed E-state index contributed by atoms with van der Waals surface area (Å²) in [6.07, 6.45) is 4.80. The van der Waals surface area contributed by atoms with Crippen molar-refractivity contribution >= 4 is 5.69 Å². The fraction of sp³-hybridized carbons (Fsp3) is 0.700. The van der Waals surface area contributed by atoms with Crippen LogP contribution in [0, 0.1) is 0 Å². The van der Waals surface area contributed by atoms with Gasteiger partial charge in [0.1, 0.15) is 0 Å². The largest absolute Gasteiger partial charge is 0.396 e. The minimum Gasteiger partial charge on any atom is -0.396 e. The van der Waals surface area contributed by atoms with Crippen LogP contribution in [0.5, 0.6) is 0 Å². The van der Waals surface area contributed by atoms with E-state index in [0.29, 0.717) is 12.1 Å². The van der Waals surface area contributed by atoms with Gasteiger partial charge in [0.25, 0.3) is 0 Å². The van der Waals surface area contributed by atoms with Crippen LogP contribution < -0.4 is 5.73 Å². The summed E-state index contributed by atoms with van der Waals surface area (Å²) in [5.74, 6) is 0. The third-order valence-electron chi connectivity index (χ3n) is 3.33. The molecule has 1 atom stereocenters. The number of hydrogen-bond acceptors (Lipinski definition) is 4. The zero-order valence-corrected chi connectivity index (χ0v) is 8.67. The minimum absolute atomic E-state index is 0.489. The average Bonchev–Trinajstić information content (AvgIpc) is 2.70. The number of hydrogen-bond donors (Lipinski definition) is 1. The molecule has 3 heterocycles. The second kappa shape index (κ2) is 3.50. The first kappa shape index (κ1) is 9.18. The molecule has 1 aromatic rings. The Morgan fingerprint density at radius 1 is 1.40 bits per heavy atom. The minimum atomic E-state index is 0.489. The molecular formula is C10H16N4O. The van der Waals surface area contributed by atoms with Gasteiger partial charge in [-0.15, -0.1) is 0 Å². The summed E-state index contributed by atoms with van der Waals surface area (Å²) < 4.78 is 7.20. The summed E-state index contributed by atoms with van der Waals surface area (Å²) in [5, 5.41) is 4.27. The molecule has 2 saturated heterocycles. The van der Waals surface area contributed by atoms with Gasteiger partial charge in [-0.05, 0) is 6.42 Å². The zero-order chi connectivity index (χ0) is 10.3. The van der Waals surface area contributed by atoms with Gasteiger partial charge in [0, 0.05) is 19.3 Å². The van der Waals surface area contributed by atoms with E-state index in [1.54, 1.807) is 6.20 Å². The molecular weight excluding hydrogens is 192 g/mol. The van der Waals surface area contributed by atoms with E-state index in [1.807, 2.05) is 10.9 Å². The molecule has 5 nitrogen and oxygen atoms in total. The van der Waals surface area contributed by atoms with Gasteiger partial charge in [0.2, 0.25) is 0 Å². The van der Waals surface area contributed by atoms with E-state index >= 15 is 0 Å². The lowest BCUT2D eigenvalue weighted by Crippen LogP contribution is -2.47. The molecule has 2 fully saturated rings. The van der Waals surface area contributed by atoms with Gasteiger partial charge in [-0.1, -0.05) is 0 Å². The molecule has 15 heavy (non-hydrogen) atoms. The van der Waals surface area contributed by atoms with Crippen LogP contribution in [0.3, 0.4) is 0 Å². The molecule has 0 aliphatic carbocycles. The van der Waals surface area contributed by atoms with E-state index in [-0.39, 0.29) is 0 Å². The van der Waals surface area contributed by atoms with Crippen LogP contribution >= 0.6 is 0 Å². The van der Waals surface area contributed by atoms with Crippen LogP contribution in [0.25, 0.3) is 0 Å². The predicted octanol–water partition coefficient (Wildman–Crippen LogP) is 0.111. The average molecular weight is 208 g/mol. The smallest absolute Gasteiger partial charge is 0.0719 e. The predicted molar refractivity (Wildman–Crippen MR) is 56.5 cm³/mol. The maximum atomic E-state index is 5.66. The van der Waals surface area contributed by atoms with Crippen LogP contribution in [0.1, 0.15) is 12.5 Å². The third-order valence-corrected chi connectivity index (χ3v) is 3.33. The maximum absolute atomic E-state index is 5.66. The van der Waals surface area contributed by atoms with E-state index in [0.717, 1.165) is 38.4 Å². The van der Waals surface area contributed by atoms with Crippen LogP contribution in [0.4, 0.5) is 5.69 Å². The van der Waals surface area contributed by atoms with Gasteiger partial charge in [-0.2, -0.15) is 5.10 Å². The lowest BCUT2D eigenvalue weighted by Gasteiger charge is -2.34. The second-order valence-corrected chi connectivity index (χ2v) is 4.38. The molecule has 2 N–H and O–H groups in total. The van der Waals surface area contributed by atoms with Gasteiger partial charge in [-0.3, -0.25) is 9.58 Å². The SMILES string of the molecule is Nc1cnn(C2CCN(C3COC3)C2)c1. The molecule has 0 saturated carbocycles. The number of nitrogens with zero attached hydrogens (tertiary/aromatic N) is 3. The number of rotatable bonds is 2. The topological polar surface area (TPSA) is 56.3 Å². The summed E-state index contributed by atoms with van der Waals surface area (Å²) in [6, 6.07) is 1.13. The molecule has 0 bridgehead atoms. The van der Waals surface area contributed by atoms with E-state index in [9.17, 15) is 0 Å². The highest BCUT2D eigenvalue weighted by Crippen LogP contribution is 2.25. The molecule has 0 amide bonds. The molecule has 0 spiro atoms. The molecule has 82 valence electrons. The fourth-order valence-corrected chi connectivity index (χ4v) is 2.30. The fourth-order valence-electron chi connectivity index (χ4n) is 2.30.